The first-order valence-corrected chi connectivity index (χ1v) is 13.9. The van der Waals surface area contributed by atoms with Gasteiger partial charge in [-0.25, -0.2) is 0 Å². The third kappa shape index (κ3) is 3.66. The fraction of sp³-hybridized carbons (Fsp3) is 0.333. The minimum atomic E-state index is -2.00. The van der Waals surface area contributed by atoms with Crippen LogP contribution in [-0.4, -0.2) is 28.1 Å². The van der Waals surface area contributed by atoms with Gasteiger partial charge in [-0.15, -0.1) is 0 Å². The molecule has 0 aromatic heterocycles. The number of fused-ring (bicyclic) bond motifs is 3. The Hall–Kier alpha value is -2.20. The second-order valence-electron chi connectivity index (χ2n) is 8.83. The Balaban J connectivity index is 1.70. The summed E-state index contributed by atoms with van der Waals surface area (Å²) in [7, 11) is -2.00. The molecule has 1 atom stereocenters. The van der Waals surface area contributed by atoms with Gasteiger partial charge in [-0.1, -0.05) is 85.8 Å². The zero-order chi connectivity index (χ0) is 21.2. The summed E-state index contributed by atoms with van der Waals surface area (Å²) in [4.78, 5) is 0. The number of hydrogen-bond donors (Lipinski definition) is 0. The summed E-state index contributed by atoms with van der Waals surface area (Å²) in [5.41, 5.74) is 6.80. The maximum absolute atomic E-state index is 6.90. The Morgan fingerprint density at radius 3 is 1.87 bits per heavy atom. The second-order valence-corrected chi connectivity index (χ2v) is 13.2. The maximum atomic E-state index is 6.90. The van der Waals surface area contributed by atoms with E-state index in [4.69, 9.17) is 9.16 Å². The fourth-order valence-electron chi connectivity index (χ4n) is 4.62. The molecule has 0 heterocycles. The summed E-state index contributed by atoms with van der Waals surface area (Å²) < 4.78 is 13.0. The van der Waals surface area contributed by atoms with Gasteiger partial charge in [0.05, 0.1) is 12.0 Å². The van der Waals surface area contributed by atoms with E-state index in [9.17, 15) is 0 Å². The van der Waals surface area contributed by atoms with Gasteiger partial charge in [0.1, 0.15) is 0 Å². The largest absolute Gasteiger partial charge is 0.415 e. The van der Waals surface area contributed by atoms with Gasteiger partial charge in [0.25, 0.3) is 0 Å². The first kappa shape index (κ1) is 21.0. The van der Waals surface area contributed by atoms with Crippen LogP contribution in [0.5, 0.6) is 0 Å². The van der Waals surface area contributed by atoms with Gasteiger partial charge in [-0.2, -0.15) is 0 Å². The number of benzene rings is 3. The molecule has 0 saturated heterocycles. The van der Waals surface area contributed by atoms with Crippen LogP contribution >= 0.6 is 0 Å². The highest BCUT2D eigenvalue weighted by atomic mass is 28.4. The molecule has 0 radical (unpaired) electrons. The lowest BCUT2D eigenvalue weighted by atomic mass is 9.79. The van der Waals surface area contributed by atoms with Gasteiger partial charge in [0.15, 0.2) is 8.32 Å². The predicted octanol–water partition coefficient (Wildman–Crippen LogP) is 6.55. The summed E-state index contributed by atoms with van der Waals surface area (Å²) in [6.45, 7) is 11.1. The molecule has 3 heteroatoms. The quantitative estimate of drug-likeness (QED) is 0.387. The molecular formula is C27H32O2Si. The third-order valence-electron chi connectivity index (χ3n) is 6.76. The van der Waals surface area contributed by atoms with Gasteiger partial charge in [0, 0.05) is 13.2 Å². The lowest BCUT2D eigenvalue weighted by Gasteiger charge is -2.37. The van der Waals surface area contributed by atoms with Crippen molar-refractivity contribution in [3.05, 3.63) is 95.6 Å². The third-order valence-corrected chi connectivity index (χ3v) is 10.1. The van der Waals surface area contributed by atoms with Crippen LogP contribution in [-0.2, 0) is 14.6 Å². The normalized spacial score (nSPS) is 15.5. The van der Waals surface area contributed by atoms with Crippen LogP contribution in [0.4, 0.5) is 0 Å². The highest BCUT2D eigenvalue weighted by molar-refractivity contribution is 6.72. The van der Waals surface area contributed by atoms with E-state index >= 15 is 0 Å². The van der Waals surface area contributed by atoms with E-state index in [0.29, 0.717) is 25.4 Å². The molecule has 0 N–H and O–H groups in total. The Labute approximate surface area is 182 Å². The fourth-order valence-corrected chi connectivity index (χ4v) is 6.49. The number of ether oxygens (including phenoxy) is 1. The standard InChI is InChI=1S/C27H32O2Si/c1-5-28-19-27(20-29-30(3,4)21(2)22-13-7-6-8-14-22)25-17-11-9-15-23(25)24-16-10-12-18-26(24)27/h6-18,21H,5,19-20H2,1-4H3. The van der Waals surface area contributed by atoms with E-state index in [-0.39, 0.29) is 5.41 Å². The van der Waals surface area contributed by atoms with Crippen molar-refractivity contribution < 1.29 is 9.16 Å². The van der Waals surface area contributed by atoms with Crippen LogP contribution in [0.1, 0.15) is 36.1 Å². The molecule has 2 nitrogen and oxygen atoms in total. The zero-order valence-electron chi connectivity index (χ0n) is 18.5. The molecule has 30 heavy (non-hydrogen) atoms. The van der Waals surface area contributed by atoms with Gasteiger partial charge in [-0.3, -0.25) is 0 Å². The summed E-state index contributed by atoms with van der Waals surface area (Å²) in [5, 5.41) is 0. The summed E-state index contributed by atoms with van der Waals surface area (Å²) in [5.74, 6) is 0. The van der Waals surface area contributed by atoms with Crippen molar-refractivity contribution in [2.75, 3.05) is 19.8 Å². The van der Waals surface area contributed by atoms with Crippen molar-refractivity contribution in [1.29, 1.82) is 0 Å². The van der Waals surface area contributed by atoms with Crippen LogP contribution < -0.4 is 0 Å². The SMILES string of the molecule is CCOCC1(CO[Si](C)(C)C(C)c2ccccc2)c2ccccc2-c2ccccc21. The minimum absolute atomic E-state index is 0.260. The summed E-state index contributed by atoms with van der Waals surface area (Å²) in [6, 6.07) is 28.3. The molecular weight excluding hydrogens is 384 g/mol. The summed E-state index contributed by atoms with van der Waals surface area (Å²) >= 11 is 0. The lowest BCUT2D eigenvalue weighted by Crippen LogP contribution is -2.45. The van der Waals surface area contributed by atoms with Crippen molar-refractivity contribution in [2.45, 2.75) is 37.9 Å². The molecule has 3 aromatic rings. The molecule has 0 saturated carbocycles. The molecule has 156 valence electrons. The molecule has 0 amide bonds. The molecule has 4 rings (SSSR count). The van der Waals surface area contributed by atoms with Gasteiger partial charge < -0.3 is 9.16 Å². The first-order valence-electron chi connectivity index (χ1n) is 11.0. The highest BCUT2D eigenvalue weighted by Crippen LogP contribution is 2.49. The molecule has 1 aliphatic carbocycles. The van der Waals surface area contributed by atoms with Crippen LogP contribution in [0.2, 0.25) is 13.1 Å². The molecule has 1 unspecified atom stereocenters. The first-order chi connectivity index (χ1) is 14.5. The monoisotopic (exact) mass is 416 g/mol. The number of hydrogen-bond acceptors (Lipinski definition) is 2. The molecule has 0 spiro atoms. The van der Waals surface area contributed by atoms with Crippen molar-refractivity contribution in [3.8, 4) is 11.1 Å². The van der Waals surface area contributed by atoms with Crippen molar-refractivity contribution in [1.82, 2.24) is 0 Å². The Kier molecular flexibility index (Phi) is 5.96. The van der Waals surface area contributed by atoms with E-state index in [1.54, 1.807) is 0 Å². The highest BCUT2D eigenvalue weighted by Gasteiger charge is 2.45. The van der Waals surface area contributed by atoms with Crippen LogP contribution in [0, 0.1) is 0 Å². The Bertz CT molecular complexity index is 951. The van der Waals surface area contributed by atoms with Crippen molar-refractivity contribution in [3.63, 3.8) is 0 Å². The molecule has 3 aromatic carbocycles. The smallest absolute Gasteiger partial charge is 0.193 e. The average Bonchev–Trinajstić information content (AvgIpc) is 3.07. The molecule has 0 aliphatic heterocycles. The minimum Gasteiger partial charge on any atom is -0.415 e. The van der Waals surface area contributed by atoms with E-state index in [0.717, 1.165) is 0 Å². The van der Waals surface area contributed by atoms with Gasteiger partial charge in [-0.05, 0) is 53.4 Å². The Morgan fingerprint density at radius 2 is 1.30 bits per heavy atom. The lowest BCUT2D eigenvalue weighted by molar-refractivity contribution is 0.0813. The zero-order valence-corrected chi connectivity index (χ0v) is 19.5. The molecule has 1 aliphatic rings. The summed E-state index contributed by atoms with van der Waals surface area (Å²) in [6.07, 6.45) is 0. The topological polar surface area (TPSA) is 18.5 Å². The molecule has 0 fully saturated rings. The van der Waals surface area contributed by atoms with Crippen LogP contribution in [0.3, 0.4) is 0 Å². The average molecular weight is 417 g/mol. The van der Waals surface area contributed by atoms with Crippen LogP contribution in [0.25, 0.3) is 11.1 Å². The van der Waals surface area contributed by atoms with E-state index in [1.807, 2.05) is 0 Å². The van der Waals surface area contributed by atoms with Crippen molar-refractivity contribution >= 4 is 8.32 Å². The predicted molar refractivity (Wildman–Crippen MR) is 127 cm³/mol. The molecule has 0 bridgehead atoms. The second kappa shape index (κ2) is 8.50. The van der Waals surface area contributed by atoms with Crippen LogP contribution in [0.15, 0.2) is 78.9 Å². The Morgan fingerprint density at radius 1 is 0.767 bits per heavy atom. The maximum Gasteiger partial charge on any atom is 0.193 e. The van der Waals surface area contributed by atoms with E-state index in [2.05, 4.69) is 106 Å². The van der Waals surface area contributed by atoms with E-state index < -0.39 is 8.32 Å². The van der Waals surface area contributed by atoms with Gasteiger partial charge in [0.2, 0.25) is 0 Å². The van der Waals surface area contributed by atoms with Gasteiger partial charge >= 0.3 is 0 Å². The number of rotatable bonds is 8. The van der Waals surface area contributed by atoms with E-state index in [1.165, 1.54) is 27.8 Å². The van der Waals surface area contributed by atoms with Crippen molar-refractivity contribution in [2.24, 2.45) is 0 Å².